The van der Waals surface area contributed by atoms with Gasteiger partial charge in [-0.1, -0.05) is 12.1 Å². The summed E-state index contributed by atoms with van der Waals surface area (Å²) < 4.78 is 27.5. The molecule has 3 rings (SSSR count). The van der Waals surface area contributed by atoms with E-state index in [1.165, 1.54) is 0 Å². The predicted molar refractivity (Wildman–Crippen MR) is 128 cm³/mol. The molecule has 1 N–H and O–H groups in total. The van der Waals surface area contributed by atoms with Crippen molar-refractivity contribution in [2.45, 2.75) is 26.4 Å². The average molecular weight is 454 g/mol. The van der Waals surface area contributed by atoms with Crippen molar-refractivity contribution >= 4 is 5.82 Å². The summed E-state index contributed by atoms with van der Waals surface area (Å²) in [5.74, 6) is 3.38. The van der Waals surface area contributed by atoms with E-state index in [1.54, 1.807) is 28.4 Å². The van der Waals surface area contributed by atoms with Crippen LogP contribution in [0.15, 0.2) is 42.5 Å². The molecule has 0 saturated heterocycles. The highest BCUT2D eigenvalue weighted by atomic mass is 16.5. The Morgan fingerprint density at radius 2 is 1.58 bits per heavy atom. The topological polar surface area (TPSA) is 84.0 Å². The standard InChI is InChI=1S/C25H31N3O5/c1-16(2)33-25-27-19(18-10-11-20(29-3)22(14-18)31-5)15-23(28-25)26-13-12-17-8-7-9-21(30-4)24(17)32-6/h7-11,14-16H,12-13H2,1-6H3,(H,26,27,28). The zero-order valence-corrected chi connectivity index (χ0v) is 20.0. The van der Waals surface area contributed by atoms with Crippen molar-refractivity contribution in [2.24, 2.45) is 0 Å². The van der Waals surface area contributed by atoms with Crippen LogP contribution in [0.3, 0.4) is 0 Å². The molecule has 8 heteroatoms. The van der Waals surface area contributed by atoms with Crippen LogP contribution in [0.5, 0.6) is 29.0 Å². The van der Waals surface area contributed by atoms with Gasteiger partial charge in [-0.25, -0.2) is 0 Å². The molecule has 0 aliphatic heterocycles. The number of hydrogen-bond donors (Lipinski definition) is 1. The Kier molecular flexibility index (Phi) is 8.18. The highest BCUT2D eigenvalue weighted by Crippen LogP contribution is 2.33. The number of aromatic nitrogens is 2. The molecule has 33 heavy (non-hydrogen) atoms. The Labute approximate surface area is 194 Å². The first-order valence-electron chi connectivity index (χ1n) is 10.7. The number of nitrogens with zero attached hydrogens (tertiary/aromatic N) is 2. The van der Waals surface area contributed by atoms with Crippen molar-refractivity contribution in [1.82, 2.24) is 9.97 Å². The fraction of sp³-hybridized carbons (Fsp3) is 0.360. The first kappa shape index (κ1) is 24.0. The minimum atomic E-state index is -0.0560. The smallest absolute Gasteiger partial charge is 0.319 e. The summed E-state index contributed by atoms with van der Waals surface area (Å²) in [7, 11) is 6.49. The van der Waals surface area contributed by atoms with Crippen LogP contribution < -0.4 is 29.0 Å². The van der Waals surface area contributed by atoms with Crippen molar-refractivity contribution in [3.05, 3.63) is 48.0 Å². The molecule has 1 heterocycles. The lowest BCUT2D eigenvalue weighted by molar-refractivity contribution is 0.223. The third kappa shape index (κ3) is 5.97. The molecule has 2 aromatic carbocycles. The lowest BCUT2D eigenvalue weighted by Crippen LogP contribution is -2.12. The van der Waals surface area contributed by atoms with Crippen molar-refractivity contribution in [3.8, 4) is 40.3 Å². The van der Waals surface area contributed by atoms with Crippen LogP contribution in [0.25, 0.3) is 11.3 Å². The van der Waals surface area contributed by atoms with Crippen molar-refractivity contribution in [2.75, 3.05) is 40.3 Å². The van der Waals surface area contributed by atoms with Gasteiger partial charge < -0.3 is 29.0 Å². The molecule has 0 spiro atoms. The fourth-order valence-corrected chi connectivity index (χ4v) is 3.40. The van der Waals surface area contributed by atoms with Gasteiger partial charge in [-0.3, -0.25) is 0 Å². The molecule has 0 aliphatic rings. The van der Waals surface area contributed by atoms with E-state index in [-0.39, 0.29) is 6.10 Å². The summed E-state index contributed by atoms with van der Waals surface area (Å²) in [6.45, 7) is 4.51. The molecule has 0 unspecified atom stereocenters. The predicted octanol–water partition coefficient (Wildman–Crippen LogP) is 4.62. The number of benzene rings is 2. The summed E-state index contributed by atoms with van der Waals surface area (Å²) in [6, 6.07) is 13.7. The normalized spacial score (nSPS) is 10.6. The second-order valence-electron chi connectivity index (χ2n) is 7.49. The van der Waals surface area contributed by atoms with Crippen molar-refractivity contribution in [1.29, 1.82) is 0 Å². The number of para-hydroxylation sites is 1. The molecule has 0 radical (unpaired) electrons. The summed E-state index contributed by atoms with van der Waals surface area (Å²) in [5, 5.41) is 3.37. The minimum absolute atomic E-state index is 0.0560. The maximum atomic E-state index is 5.80. The summed E-state index contributed by atoms with van der Waals surface area (Å²) in [4.78, 5) is 9.11. The molecule has 176 valence electrons. The lowest BCUT2D eigenvalue weighted by Gasteiger charge is -2.15. The second kappa shape index (κ2) is 11.3. The van der Waals surface area contributed by atoms with E-state index < -0.39 is 0 Å². The largest absolute Gasteiger partial charge is 0.493 e. The molecule has 3 aromatic rings. The maximum absolute atomic E-state index is 5.80. The van der Waals surface area contributed by atoms with E-state index in [0.717, 1.165) is 23.3 Å². The van der Waals surface area contributed by atoms with E-state index in [2.05, 4.69) is 15.3 Å². The Balaban J connectivity index is 1.85. The third-order valence-electron chi connectivity index (χ3n) is 4.91. The van der Waals surface area contributed by atoms with Crippen LogP contribution in [0.4, 0.5) is 5.82 Å². The van der Waals surface area contributed by atoms with Gasteiger partial charge in [-0.2, -0.15) is 9.97 Å². The third-order valence-corrected chi connectivity index (χ3v) is 4.91. The summed E-state index contributed by atoms with van der Waals surface area (Å²) >= 11 is 0. The van der Waals surface area contributed by atoms with E-state index in [1.807, 2.05) is 56.3 Å². The van der Waals surface area contributed by atoms with Crippen LogP contribution in [0.1, 0.15) is 19.4 Å². The number of rotatable bonds is 11. The minimum Gasteiger partial charge on any atom is -0.493 e. The average Bonchev–Trinajstić information content (AvgIpc) is 2.82. The van der Waals surface area contributed by atoms with Gasteiger partial charge in [0.15, 0.2) is 23.0 Å². The van der Waals surface area contributed by atoms with Crippen LogP contribution in [-0.2, 0) is 6.42 Å². The highest BCUT2D eigenvalue weighted by Gasteiger charge is 2.13. The SMILES string of the molecule is COc1ccc(-c2cc(NCCc3cccc(OC)c3OC)nc(OC(C)C)n2)cc1OC. The van der Waals surface area contributed by atoms with E-state index >= 15 is 0 Å². The van der Waals surface area contributed by atoms with Gasteiger partial charge >= 0.3 is 6.01 Å². The van der Waals surface area contributed by atoms with Crippen LogP contribution >= 0.6 is 0 Å². The molecule has 0 atom stereocenters. The van der Waals surface area contributed by atoms with Gasteiger partial charge in [-0.15, -0.1) is 0 Å². The Morgan fingerprint density at radius 3 is 2.24 bits per heavy atom. The molecular formula is C25H31N3O5. The van der Waals surface area contributed by atoms with E-state index in [4.69, 9.17) is 23.7 Å². The first-order valence-corrected chi connectivity index (χ1v) is 10.7. The zero-order valence-electron chi connectivity index (χ0n) is 20.0. The number of anilines is 1. The summed E-state index contributed by atoms with van der Waals surface area (Å²) in [5.41, 5.74) is 2.61. The van der Waals surface area contributed by atoms with Gasteiger partial charge in [0.05, 0.1) is 40.2 Å². The lowest BCUT2D eigenvalue weighted by atomic mass is 10.1. The van der Waals surface area contributed by atoms with Gasteiger partial charge in [0.25, 0.3) is 0 Å². The molecule has 0 aliphatic carbocycles. The monoisotopic (exact) mass is 453 g/mol. The van der Waals surface area contributed by atoms with Gasteiger partial charge in [-0.05, 0) is 50.1 Å². The molecular weight excluding hydrogens is 422 g/mol. The number of hydrogen-bond acceptors (Lipinski definition) is 8. The van der Waals surface area contributed by atoms with Crippen LogP contribution in [0, 0.1) is 0 Å². The second-order valence-corrected chi connectivity index (χ2v) is 7.49. The number of methoxy groups -OCH3 is 4. The van der Waals surface area contributed by atoms with Crippen LogP contribution in [0.2, 0.25) is 0 Å². The van der Waals surface area contributed by atoms with Crippen LogP contribution in [-0.4, -0.2) is 51.1 Å². The van der Waals surface area contributed by atoms with Gasteiger partial charge in [0.2, 0.25) is 0 Å². The fourth-order valence-electron chi connectivity index (χ4n) is 3.40. The van der Waals surface area contributed by atoms with E-state index in [9.17, 15) is 0 Å². The maximum Gasteiger partial charge on any atom is 0.319 e. The Hall–Kier alpha value is -3.68. The summed E-state index contributed by atoms with van der Waals surface area (Å²) in [6.07, 6.45) is 0.663. The Bertz CT molecular complexity index is 1070. The Morgan fingerprint density at radius 1 is 0.818 bits per heavy atom. The quantitative estimate of drug-likeness (QED) is 0.450. The molecule has 8 nitrogen and oxygen atoms in total. The van der Waals surface area contributed by atoms with Gasteiger partial charge in [0.1, 0.15) is 5.82 Å². The molecule has 0 bridgehead atoms. The van der Waals surface area contributed by atoms with Gasteiger partial charge in [0, 0.05) is 18.2 Å². The highest BCUT2D eigenvalue weighted by molar-refractivity contribution is 5.66. The molecule has 0 fully saturated rings. The van der Waals surface area contributed by atoms with Crippen molar-refractivity contribution in [3.63, 3.8) is 0 Å². The van der Waals surface area contributed by atoms with E-state index in [0.29, 0.717) is 41.3 Å². The molecule has 0 amide bonds. The number of nitrogens with one attached hydrogen (secondary N) is 1. The first-order chi connectivity index (χ1) is 16.0. The molecule has 0 saturated carbocycles. The number of ether oxygens (including phenoxy) is 5. The molecule has 1 aromatic heterocycles. The van der Waals surface area contributed by atoms with Crippen molar-refractivity contribution < 1.29 is 23.7 Å². The zero-order chi connectivity index (χ0) is 23.8.